The van der Waals surface area contributed by atoms with Gasteiger partial charge < -0.3 is 4.42 Å². The Labute approximate surface area is 142 Å². The highest BCUT2D eigenvalue weighted by Gasteiger charge is 2.14. The number of fused-ring (bicyclic) bond motifs is 1. The fourth-order valence-corrected chi connectivity index (χ4v) is 2.73. The van der Waals surface area contributed by atoms with Gasteiger partial charge in [0.2, 0.25) is 5.89 Å². The molecule has 25 heavy (non-hydrogen) atoms. The summed E-state index contributed by atoms with van der Waals surface area (Å²) in [6, 6.07) is 18.5. The van der Waals surface area contributed by atoms with Gasteiger partial charge in [-0.2, -0.15) is 9.94 Å². The SMILES string of the molecule is N#Cc1ccccc1Cn1nc(-c2cccc3ncccc23)oc1=O. The van der Waals surface area contributed by atoms with Crippen molar-refractivity contribution in [3.05, 3.63) is 82.5 Å². The zero-order valence-electron chi connectivity index (χ0n) is 13.1. The van der Waals surface area contributed by atoms with Crippen LogP contribution in [0.4, 0.5) is 0 Å². The molecule has 2 aromatic carbocycles. The van der Waals surface area contributed by atoms with Gasteiger partial charge in [0.05, 0.1) is 23.7 Å². The van der Waals surface area contributed by atoms with Gasteiger partial charge in [-0.05, 0) is 29.8 Å². The molecule has 120 valence electrons. The Kier molecular flexibility index (Phi) is 3.60. The molecule has 0 aliphatic rings. The summed E-state index contributed by atoms with van der Waals surface area (Å²) in [7, 11) is 0. The molecule has 4 rings (SSSR count). The van der Waals surface area contributed by atoms with Gasteiger partial charge in [0, 0.05) is 17.1 Å². The Morgan fingerprint density at radius 1 is 1.08 bits per heavy atom. The maximum Gasteiger partial charge on any atom is 0.437 e. The van der Waals surface area contributed by atoms with Crippen molar-refractivity contribution in [3.63, 3.8) is 0 Å². The highest BCUT2D eigenvalue weighted by Crippen LogP contribution is 2.25. The summed E-state index contributed by atoms with van der Waals surface area (Å²) in [6.45, 7) is 0.176. The average Bonchev–Trinajstić information content (AvgIpc) is 3.02. The lowest BCUT2D eigenvalue weighted by molar-refractivity contribution is 0.495. The first-order valence-corrected chi connectivity index (χ1v) is 7.66. The van der Waals surface area contributed by atoms with Crippen molar-refractivity contribution in [2.45, 2.75) is 6.54 Å². The number of rotatable bonds is 3. The van der Waals surface area contributed by atoms with Crippen molar-refractivity contribution in [1.82, 2.24) is 14.8 Å². The number of benzene rings is 2. The molecule has 0 radical (unpaired) electrons. The molecule has 0 saturated heterocycles. The standard InChI is InChI=1S/C19H12N4O2/c20-11-13-5-1-2-6-14(13)12-23-19(24)25-18(22-23)16-7-3-9-17-15(16)8-4-10-21-17/h1-10H,12H2. The molecular weight excluding hydrogens is 316 g/mol. The summed E-state index contributed by atoms with van der Waals surface area (Å²) < 4.78 is 6.56. The zero-order valence-corrected chi connectivity index (χ0v) is 13.1. The normalized spacial score (nSPS) is 10.7. The van der Waals surface area contributed by atoms with Crippen molar-refractivity contribution in [1.29, 1.82) is 5.26 Å². The number of hydrogen-bond acceptors (Lipinski definition) is 5. The lowest BCUT2D eigenvalue weighted by Crippen LogP contribution is -2.17. The Hall–Kier alpha value is -3.72. The fourth-order valence-electron chi connectivity index (χ4n) is 2.73. The van der Waals surface area contributed by atoms with E-state index < -0.39 is 5.76 Å². The highest BCUT2D eigenvalue weighted by atomic mass is 16.4. The van der Waals surface area contributed by atoms with E-state index in [0.29, 0.717) is 16.7 Å². The van der Waals surface area contributed by atoms with Crippen LogP contribution in [0.25, 0.3) is 22.4 Å². The fraction of sp³-hybridized carbons (Fsp3) is 0.0526. The van der Waals surface area contributed by atoms with Crippen molar-refractivity contribution in [2.24, 2.45) is 0 Å². The van der Waals surface area contributed by atoms with Gasteiger partial charge in [-0.1, -0.05) is 30.3 Å². The number of hydrogen-bond donors (Lipinski definition) is 0. The second kappa shape index (κ2) is 6.06. The van der Waals surface area contributed by atoms with Crippen LogP contribution in [0.5, 0.6) is 0 Å². The van der Waals surface area contributed by atoms with Gasteiger partial charge in [-0.3, -0.25) is 4.98 Å². The number of aromatic nitrogens is 3. The van der Waals surface area contributed by atoms with E-state index in [1.165, 1.54) is 4.68 Å². The van der Waals surface area contributed by atoms with Crippen molar-refractivity contribution in [3.8, 4) is 17.5 Å². The Morgan fingerprint density at radius 2 is 1.96 bits per heavy atom. The van der Waals surface area contributed by atoms with Crippen LogP contribution in [0, 0.1) is 11.3 Å². The zero-order chi connectivity index (χ0) is 17.2. The van der Waals surface area contributed by atoms with Crippen LogP contribution in [-0.2, 0) is 6.54 Å². The van der Waals surface area contributed by atoms with E-state index in [4.69, 9.17) is 4.42 Å². The van der Waals surface area contributed by atoms with E-state index in [0.717, 1.165) is 10.9 Å². The maximum atomic E-state index is 12.2. The summed E-state index contributed by atoms with van der Waals surface area (Å²) in [5.74, 6) is -0.332. The molecule has 2 heterocycles. The van der Waals surface area contributed by atoms with Crippen molar-refractivity contribution in [2.75, 3.05) is 0 Å². The molecule has 0 aliphatic carbocycles. The van der Waals surface area contributed by atoms with Crippen molar-refractivity contribution < 1.29 is 4.42 Å². The lowest BCUT2D eigenvalue weighted by Gasteiger charge is -2.02. The predicted octanol–water partition coefficient (Wildman–Crippen LogP) is 2.97. The Bertz CT molecular complexity index is 1160. The predicted molar refractivity (Wildman–Crippen MR) is 91.8 cm³/mol. The molecule has 0 saturated carbocycles. The van der Waals surface area contributed by atoms with E-state index in [9.17, 15) is 10.1 Å². The van der Waals surface area contributed by atoms with Crippen LogP contribution >= 0.6 is 0 Å². The average molecular weight is 328 g/mol. The van der Waals surface area contributed by atoms with E-state index >= 15 is 0 Å². The molecular formula is C19H12N4O2. The monoisotopic (exact) mass is 328 g/mol. The van der Waals surface area contributed by atoms with Gasteiger partial charge in [0.15, 0.2) is 0 Å². The Morgan fingerprint density at radius 3 is 2.84 bits per heavy atom. The second-order valence-electron chi connectivity index (χ2n) is 5.48. The molecule has 0 unspecified atom stereocenters. The molecule has 6 nitrogen and oxygen atoms in total. The van der Waals surface area contributed by atoms with Crippen LogP contribution in [0.3, 0.4) is 0 Å². The minimum absolute atomic E-state index is 0.176. The van der Waals surface area contributed by atoms with Gasteiger partial charge in [0.25, 0.3) is 0 Å². The van der Waals surface area contributed by atoms with Gasteiger partial charge in [-0.15, -0.1) is 5.10 Å². The van der Waals surface area contributed by atoms with E-state index in [2.05, 4.69) is 16.2 Å². The summed E-state index contributed by atoms with van der Waals surface area (Å²) in [5, 5.41) is 14.3. The molecule has 0 fully saturated rings. The second-order valence-corrected chi connectivity index (χ2v) is 5.48. The Balaban J connectivity index is 1.78. The van der Waals surface area contributed by atoms with Crippen LogP contribution in [0.2, 0.25) is 0 Å². The minimum atomic E-state index is -0.566. The highest BCUT2D eigenvalue weighted by molar-refractivity contribution is 5.92. The van der Waals surface area contributed by atoms with Gasteiger partial charge in [0.1, 0.15) is 0 Å². The van der Waals surface area contributed by atoms with Crippen molar-refractivity contribution >= 4 is 10.9 Å². The molecule has 0 bridgehead atoms. The number of nitriles is 1. The molecule has 0 atom stereocenters. The number of pyridine rings is 1. The summed E-state index contributed by atoms with van der Waals surface area (Å²) in [5.41, 5.74) is 2.72. The smallest absolute Gasteiger partial charge is 0.388 e. The van der Waals surface area contributed by atoms with Crippen LogP contribution in [0.15, 0.2) is 70.0 Å². The first kappa shape index (κ1) is 14.8. The van der Waals surface area contributed by atoms with E-state index in [1.807, 2.05) is 36.4 Å². The number of nitrogens with zero attached hydrogens (tertiary/aromatic N) is 4. The first-order valence-electron chi connectivity index (χ1n) is 7.66. The summed E-state index contributed by atoms with van der Waals surface area (Å²) in [4.78, 5) is 16.5. The van der Waals surface area contributed by atoms with E-state index in [1.54, 1.807) is 24.4 Å². The molecule has 2 aromatic heterocycles. The van der Waals surface area contributed by atoms with E-state index in [-0.39, 0.29) is 12.4 Å². The lowest BCUT2D eigenvalue weighted by atomic mass is 10.1. The summed E-state index contributed by atoms with van der Waals surface area (Å²) in [6.07, 6.45) is 1.71. The quantitative estimate of drug-likeness (QED) is 0.577. The molecule has 0 amide bonds. The van der Waals surface area contributed by atoms with Crippen LogP contribution < -0.4 is 5.76 Å². The maximum absolute atomic E-state index is 12.2. The van der Waals surface area contributed by atoms with Crippen LogP contribution in [0.1, 0.15) is 11.1 Å². The third-order valence-electron chi connectivity index (χ3n) is 3.94. The third kappa shape index (κ3) is 2.68. The van der Waals surface area contributed by atoms with Gasteiger partial charge >= 0.3 is 5.76 Å². The first-order chi connectivity index (χ1) is 12.3. The molecule has 4 aromatic rings. The molecule has 0 N–H and O–H groups in total. The van der Waals surface area contributed by atoms with Crippen LogP contribution in [-0.4, -0.2) is 14.8 Å². The van der Waals surface area contributed by atoms with Gasteiger partial charge in [-0.25, -0.2) is 4.79 Å². The minimum Gasteiger partial charge on any atom is -0.388 e. The largest absolute Gasteiger partial charge is 0.437 e. The molecule has 6 heteroatoms. The topological polar surface area (TPSA) is 84.7 Å². The summed E-state index contributed by atoms with van der Waals surface area (Å²) >= 11 is 0. The molecule has 0 spiro atoms. The third-order valence-corrected chi connectivity index (χ3v) is 3.94. The molecule has 0 aliphatic heterocycles.